The third-order valence-electron chi connectivity index (χ3n) is 4.02. The van der Waals surface area contributed by atoms with Gasteiger partial charge in [-0.2, -0.15) is 4.68 Å². The highest BCUT2D eigenvalue weighted by molar-refractivity contribution is 5.91. The van der Waals surface area contributed by atoms with Gasteiger partial charge in [-0.25, -0.2) is 4.79 Å². The summed E-state index contributed by atoms with van der Waals surface area (Å²) in [5, 5.41) is 18.5. The topological polar surface area (TPSA) is 116 Å². The molecule has 1 aromatic heterocycles. The summed E-state index contributed by atoms with van der Waals surface area (Å²) in [5.41, 5.74) is 0.973. The fourth-order valence-electron chi connectivity index (χ4n) is 2.62. The van der Waals surface area contributed by atoms with E-state index in [0.29, 0.717) is 5.69 Å². The summed E-state index contributed by atoms with van der Waals surface area (Å²) in [6, 6.07) is 13.9. The first-order valence-corrected chi connectivity index (χ1v) is 8.21. The Labute approximate surface area is 159 Å². The molecule has 1 N–H and O–H groups in total. The largest absolute Gasteiger partial charge is 0.465 e. The van der Waals surface area contributed by atoms with Crippen LogP contribution in [0.25, 0.3) is 5.69 Å². The lowest BCUT2D eigenvalue weighted by Gasteiger charge is -2.11. The van der Waals surface area contributed by atoms with E-state index in [2.05, 4.69) is 15.2 Å². The van der Waals surface area contributed by atoms with Gasteiger partial charge >= 0.3 is 5.97 Å². The Kier molecular flexibility index (Phi) is 5.16. The van der Waals surface area contributed by atoms with E-state index in [1.807, 2.05) is 19.1 Å². The van der Waals surface area contributed by atoms with E-state index < -0.39 is 10.9 Å². The molecule has 0 aliphatic heterocycles. The number of anilines is 2. The lowest BCUT2D eigenvalue weighted by atomic mass is 10.1. The van der Waals surface area contributed by atoms with Crippen molar-refractivity contribution in [3.05, 3.63) is 86.2 Å². The highest BCUT2D eigenvalue weighted by Crippen LogP contribution is 2.28. The smallest absolute Gasteiger partial charge is 0.338 e. The second kappa shape index (κ2) is 7.70. The summed E-state index contributed by atoms with van der Waals surface area (Å²) >= 11 is 0. The van der Waals surface area contributed by atoms with Crippen molar-refractivity contribution >= 4 is 23.2 Å². The highest BCUT2D eigenvalue weighted by Gasteiger charge is 2.19. The van der Waals surface area contributed by atoms with Crippen molar-refractivity contribution in [1.29, 1.82) is 0 Å². The summed E-state index contributed by atoms with van der Waals surface area (Å²) in [6.45, 7) is 1.85. The van der Waals surface area contributed by atoms with Gasteiger partial charge in [0.25, 0.3) is 11.2 Å². The number of esters is 1. The van der Waals surface area contributed by atoms with Gasteiger partial charge in [-0.05, 0) is 36.8 Å². The Morgan fingerprint density at radius 1 is 1.18 bits per heavy atom. The molecule has 0 amide bonds. The quantitative estimate of drug-likeness (QED) is 0.411. The number of para-hydroxylation sites is 1. The SMILES string of the molecule is COC(=O)c1ccc(Nc2ccc(=O)n(-c3ccccc3C)n2)c([N+](=O)[O-])c1. The molecule has 0 fully saturated rings. The number of aryl methyl sites for hydroxylation is 1. The van der Waals surface area contributed by atoms with Gasteiger partial charge < -0.3 is 10.1 Å². The number of aromatic nitrogens is 2. The third kappa shape index (κ3) is 3.73. The lowest BCUT2D eigenvalue weighted by Crippen LogP contribution is -2.21. The van der Waals surface area contributed by atoms with E-state index in [1.54, 1.807) is 12.1 Å². The monoisotopic (exact) mass is 380 g/mol. The number of nitrogens with zero attached hydrogens (tertiary/aromatic N) is 3. The maximum Gasteiger partial charge on any atom is 0.338 e. The first kappa shape index (κ1) is 18.8. The standard InChI is InChI=1S/C19H16N4O5/c1-12-5-3-4-6-15(12)22-18(24)10-9-17(21-22)20-14-8-7-13(19(25)28-2)11-16(14)23(26)27/h3-11H,1-2H3,(H,20,21). The second-order valence-electron chi connectivity index (χ2n) is 5.86. The van der Waals surface area contributed by atoms with Crippen molar-refractivity contribution < 1.29 is 14.5 Å². The van der Waals surface area contributed by atoms with E-state index in [9.17, 15) is 19.7 Å². The van der Waals surface area contributed by atoms with E-state index in [1.165, 1.54) is 36.1 Å². The molecule has 0 radical (unpaired) electrons. The van der Waals surface area contributed by atoms with Gasteiger partial charge in [0, 0.05) is 12.1 Å². The van der Waals surface area contributed by atoms with Gasteiger partial charge in [-0.15, -0.1) is 5.10 Å². The van der Waals surface area contributed by atoms with Crippen LogP contribution >= 0.6 is 0 Å². The maximum atomic E-state index is 12.2. The Balaban J connectivity index is 2.02. The summed E-state index contributed by atoms with van der Waals surface area (Å²) < 4.78 is 5.80. The number of hydrogen-bond acceptors (Lipinski definition) is 7. The molecule has 28 heavy (non-hydrogen) atoms. The number of nitrogens with one attached hydrogen (secondary N) is 1. The molecule has 142 valence electrons. The molecule has 0 spiro atoms. The Morgan fingerprint density at radius 3 is 2.61 bits per heavy atom. The Morgan fingerprint density at radius 2 is 1.93 bits per heavy atom. The zero-order valence-electron chi connectivity index (χ0n) is 15.1. The molecule has 0 unspecified atom stereocenters. The summed E-state index contributed by atoms with van der Waals surface area (Å²) in [7, 11) is 1.19. The molecule has 1 heterocycles. The van der Waals surface area contributed by atoms with E-state index in [-0.39, 0.29) is 28.3 Å². The van der Waals surface area contributed by atoms with Crippen LogP contribution in [0.2, 0.25) is 0 Å². The lowest BCUT2D eigenvalue weighted by molar-refractivity contribution is -0.383. The van der Waals surface area contributed by atoms with Crippen LogP contribution < -0.4 is 10.9 Å². The normalized spacial score (nSPS) is 10.4. The number of rotatable bonds is 5. The van der Waals surface area contributed by atoms with Crippen LogP contribution in [-0.4, -0.2) is 27.8 Å². The Bertz CT molecular complexity index is 1120. The van der Waals surface area contributed by atoms with Crippen molar-refractivity contribution in [2.24, 2.45) is 0 Å². The average molecular weight is 380 g/mol. The average Bonchev–Trinajstić information content (AvgIpc) is 2.69. The van der Waals surface area contributed by atoms with Gasteiger partial charge in [0.15, 0.2) is 5.82 Å². The van der Waals surface area contributed by atoms with Crippen molar-refractivity contribution in [3.8, 4) is 5.69 Å². The maximum absolute atomic E-state index is 12.2. The van der Waals surface area contributed by atoms with Gasteiger partial charge in [0.05, 0.1) is 23.3 Å². The fraction of sp³-hybridized carbons (Fsp3) is 0.105. The summed E-state index contributed by atoms with van der Waals surface area (Å²) in [4.78, 5) is 34.6. The van der Waals surface area contributed by atoms with Crippen LogP contribution in [0.5, 0.6) is 0 Å². The minimum absolute atomic E-state index is 0.0533. The Hall–Kier alpha value is -4.01. The predicted molar refractivity (Wildman–Crippen MR) is 102 cm³/mol. The van der Waals surface area contributed by atoms with Crippen molar-refractivity contribution in [1.82, 2.24) is 9.78 Å². The second-order valence-corrected chi connectivity index (χ2v) is 5.86. The predicted octanol–water partition coefficient (Wildman–Crippen LogP) is 2.98. The molecule has 3 aromatic rings. The number of hydrogen-bond donors (Lipinski definition) is 1. The summed E-state index contributed by atoms with van der Waals surface area (Å²) in [6.07, 6.45) is 0. The fourth-order valence-corrected chi connectivity index (χ4v) is 2.62. The number of nitro groups is 1. The number of carbonyl (C=O) groups excluding carboxylic acids is 1. The number of nitro benzene ring substituents is 1. The molecule has 2 aromatic carbocycles. The first-order chi connectivity index (χ1) is 13.4. The van der Waals surface area contributed by atoms with Gasteiger partial charge in [0.2, 0.25) is 0 Å². The summed E-state index contributed by atoms with van der Waals surface area (Å²) in [5.74, 6) is -0.447. The van der Waals surface area contributed by atoms with Crippen LogP contribution in [0.3, 0.4) is 0 Å². The highest BCUT2D eigenvalue weighted by atomic mass is 16.6. The van der Waals surface area contributed by atoms with Crippen molar-refractivity contribution in [2.45, 2.75) is 6.92 Å². The molecule has 9 nitrogen and oxygen atoms in total. The molecule has 9 heteroatoms. The molecular formula is C19H16N4O5. The van der Waals surface area contributed by atoms with Crippen LogP contribution in [0.4, 0.5) is 17.2 Å². The number of methoxy groups -OCH3 is 1. The molecule has 0 aliphatic carbocycles. The number of benzene rings is 2. The molecule has 3 rings (SSSR count). The van der Waals surface area contributed by atoms with E-state index >= 15 is 0 Å². The van der Waals surface area contributed by atoms with Crippen LogP contribution in [0, 0.1) is 17.0 Å². The molecule has 0 aliphatic rings. The number of ether oxygens (including phenoxy) is 1. The zero-order chi connectivity index (χ0) is 20.3. The van der Waals surface area contributed by atoms with E-state index in [4.69, 9.17) is 0 Å². The minimum Gasteiger partial charge on any atom is -0.465 e. The minimum atomic E-state index is -0.680. The zero-order valence-corrected chi connectivity index (χ0v) is 15.1. The van der Waals surface area contributed by atoms with Crippen LogP contribution in [0.1, 0.15) is 15.9 Å². The molecule has 0 bridgehead atoms. The molecule has 0 saturated heterocycles. The third-order valence-corrected chi connectivity index (χ3v) is 4.02. The van der Waals surface area contributed by atoms with Crippen molar-refractivity contribution in [3.63, 3.8) is 0 Å². The van der Waals surface area contributed by atoms with Crippen LogP contribution in [-0.2, 0) is 4.74 Å². The van der Waals surface area contributed by atoms with Crippen molar-refractivity contribution in [2.75, 3.05) is 12.4 Å². The van der Waals surface area contributed by atoms with Crippen LogP contribution in [0.15, 0.2) is 59.4 Å². The molecular weight excluding hydrogens is 364 g/mol. The number of carbonyl (C=O) groups is 1. The first-order valence-electron chi connectivity index (χ1n) is 8.21. The van der Waals surface area contributed by atoms with Gasteiger partial charge in [-0.3, -0.25) is 14.9 Å². The van der Waals surface area contributed by atoms with Gasteiger partial charge in [0.1, 0.15) is 5.69 Å². The molecule has 0 saturated carbocycles. The van der Waals surface area contributed by atoms with Gasteiger partial charge in [-0.1, -0.05) is 18.2 Å². The molecule has 0 atom stereocenters. The van der Waals surface area contributed by atoms with E-state index in [0.717, 1.165) is 11.6 Å².